The fourth-order valence-electron chi connectivity index (χ4n) is 3.05. The molecule has 3 heterocycles. The van der Waals surface area contributed by atoms with Gasteiger partial charge in [-0.1, -0.05) is 0 Å². The van der Waals surface area contributed by atoms with Crippen molar-refractivity contribution >= 4 is 5.91 Å². The minimum absolute atomic E-state index is 0.0289. The Morgan fingerprint density at radius 2 is 1.88 bits per heavy atom. The molecule has 0 aliphatic carbocycles. The summed E-state index contributed by atoms with van der Waals surface area (Å²) in [6, 6.07) is 0. The Bertz CT molecular complexity index is 707. The molecule has 0 aromatic carbocycles. The van der Waals surface area contributed by atoms with Gasteiger partial charge in [-0.05, 0) is 27.2 Å². The highest BCUT2D eigenvalue weighted by atomic mass is 16.2. The molecule has 0 atom stereocenters. The van der Waals surface area contributed by atoms with Crippen LogP contribution in [0.1, 0.15) is 39.8 Å². The lowest BCUT2D eigenvalue weighted by Crippen LogP contribution is -2.36. The third kappa shape index (κ3) is 3.59. The van der Waals surface area contributed by atoms with Gasteiger partial charge in [0.25, 0.3) is 5.91 Å². The number of carbonyl (C=O) groups excluding carboxylic acids is 1. The van der Waals surface area contributed by atoms with Gasteiger partial charge in [-0.25, -0.2) is 15.0 Å². The number of aryl methyl sites for hydroxylation is 3. The molecular weight excluding hydrogens is 306 g/mol. The maximum absolute atomic E-state index is 12.9. The summed E-state index contributed by atoms with van der Waals surface area (Å²) >= 11 is 0. The second-order valence-corrected chi connectivity index (χ2v) is 6.18. The largest absolute Gasteiger partial charge is 0.337 e. The van der Waals surface area contributed by atoms with Gasteiger partial charge < -0.3 is 4.90 Å². The molecule has 1 aliphatic heterocycles. The summed E-state index contributed by atoms with van der Waals surface area (Å²) < 4.78 is 0. The van der Waals surface area contributed by atoms with Crippen molar-refractivity contribution in [3.63, 3.8) is 0 Å². The highest BCUT2D eigenvalue weighted by Crippen LogP contribution is 2.14. The molecule has 0 bridgehead atoms. The van der Waals surface area contributed by atoms with Crippen LogP contribution in [0.4, 0.5) is 0 Å². The molecule has 0 spiro atoms. The van der Waals surface area contributed by atoms with Crippen LogP contribution in [-0.2, 0) is 6.54 Å². The molecule has 0 radical (unpaired) electrons. The normalized spacial score (nSPS) is 16.2. The highest BCUT2D eigenvalue weighted by molar-refractivity contribution is 5.96. The van der Waals surface area contributed by atoms with Crippen LogP contribution in [-0.4, -0.2) is 67.0 Å². The van der Waals surface area contributed by atoms with Gasteiger partial charge in [0.2, 0.25) is 0 Å². The van der Waals surface area contributed by atoms with Crippen LogP contribution in [0.3, 0.4) is 0 Å². The van der Waals surface area contributed by atoms with E-state index in [1.165, 1.54) is 6.33 Å². The molecule has 2 aromatic rings. The number of H-pyrrole nitrogens is 1. The Hall–Kier alpha value is -2.35. The van der Waals surface area contributed by atoms with Crippen molar-refractivity contribution in [3.8, 4) is 0 Å². The molecule has 0 unspecified atom stereocenters. The standard InChI is InChI=1S/C16H23N7O/c1-11-15(12(2)18-10-17-11)16(24)23-6-4-5-22(7-8-23)9-14-19-13(3)20-21-14/h10H,4-9H2,1-3H3,(H,19,20,21). The van der Waals surface area contributed by atoms with Crippen LogP contribution < -0.4 is 0 Å². The predicted molar refractivity (Wildman–Crippen MR) is 88.4 cm³/mol. The van der Waals surface area contributed by atoms with Crippen molar-refractivity contribution in [2.45, 2.75) is 33.7 Å². The quantitative estimate of drug-likeness (QED) is 0.898. The summed E-state index contributed by atoms with van der Waals surface area (Å²) in [4.78, 5) is 29.7. The molecule has 8 nitrogen and oxygen atoms in total. The van der Waals surface area contributed by atoms with E-state index in [0.717, 1.165) is 49.1 Å². The molecule has 128 valence electrons. The molecule has 1 saturated heterocycles. The number of hydrogen-bond donors (Lipinski definition) is 1. The van der Waals surface area contributed by atoms with Crippen molar-refractivity contribution < 1.29 is 4.79 Å². The number of hydrogen-bond acceptors (Lipinski definition) is 6. The second-order valence-electron chi connectivity index (χ2n) is 6.18. The van der Waals surface area contributed by atoms with E-state index < -0.39 is 0 Å². The zero-order valence-electron chi connectivity index (χ0n) is 14.4. The van der Waals surface area contributed by atoms with Crippen molar-refractivity contribution in [1.29, 1.82) is 0 Å². The Labute approximate surface area is 141 Å². The molecule has 2 aromatic heterocycles. The van der Waals surface area contributed by atoms with Gasteiger partial charge in [0.05, 0.1) is 23.5 Å². The topological polar surface area (TPSA) is 90.9 Å². The SMILES string of the molecule is Cc1nc(CN2CCCN(C(=O)c3c(C)ncnc3C)CC2)n[nH]1. The lowest BCUT2D eigenvalue weighted by Gasteiger charge is -2.22. The number of nitrogens with one attached hydrogen (secondary N) is 1. The fourth-order valence-corrected chi connectivity index (χ4v) is 3.05. The molecule has 24 heavy (non-hydrogen) atoms. The smallest absolute Gasteiger partial charge is 0.257 e. The lowest BCUT2D eigenvalue weighted by atomic mass is 10.1. The molecule has 0 saturated carbocycles. The Kier molecular flexibility index (Phi) is 4.84. The molecule has 1 N–H and O–H groups in total. The lowest BCUT2D eigenvalue weighted by molar-refractivity contribution is 0.0758. The average Bonchev–Trinajstić information content (AvgIpc) is 2.81. The van der Waals surface area contributed by atoms with Crippen molar-refractivity contribution in [3.05, 3.63) is 34.9 Å². The first-order chi connectivity index (χ1) is 11.5. The number of rotatable bonds is 3. The van der Waals surface area contributed by atoms with E-state index in [1.807, 2.05) is 25.7 Å². The summed E-state index contributed by atoms with van der Waals surface area (Å²) in [6.07, 6.45) is 2.44. The summed E-state index contributed by atoms with van der Waals surface area (Å²) in [5.74, 6) is 1.66. The van der Waals surface area contributed by atoms with E-state index >= 15 is 0 Å². The monoisotopic (exact) mass is 329 g/mol. The van der Waals surface area contributed by atoms with Crippen LogP contribution in [0.5, 0.6) is 0 Å². The molecule has 1 aliphatic rings. The third-order valence-corrected chi connectivity index (χ3v) is 4.32. The van der Waals surface area contributed by atoms with Crippen molar-refractivity contribution in [1.82, 2.24) is 34.9 Å². The zero-order chi connectivity index (χ0) is 17.1. The molecule has 3 rings (SSSR count). The van der Waals surface area contributed by atoms with E-state index in [-0.39, 0.29) is 5.91 Å². The van der Waals surface area contributed by atoms with E-state index in [9.17, 15) is 4.79 Å². The molecule has 8 heteroatoms. The zero-order valence-corrected chi connectivity index (χ0v) is 14.4. The summed E-state index contributed by atoms with van der Waals surface area (Å²) in [5, 5.41) is 7.06. The molecular formula is C16H23N7O. The minimum atomic E-state index is 0.0289. The van der Waals surface area contributed by atoms with Crippen LogP contribution in [0, 0.1) is 20.8 Å². The van der Waals surface area contributed by atoms with Crippen molar-refractivity contribution in [2.75, 3.05) is 26.2 Å². The number of aromatic amines is 1. The number of aromatic nitrogens is 5. The molecule has 1 fully saturated rings. The van der Waals surface area contributed by atoms with Gasteiger partial charge in [0.15, 0.2) is 5.82 Å². The minimum Gasteiger partial charge on any atom is -0.337 e. The first-order valence-electron chi connectivity index (χ1n) is 8.22. The van der Waals surface area contributed by atoms with E-state index in [1.54, 1.807) is 0 Å². The van der Waals surface area contributed by atoms with E-state index in [2.05, 4.69) is 30.0 Å². The third-order valence-electron chi connectivity index (χ3n) is 4.32. The second kappa shape index (κ2) is 7.04. The van der Waals surface area contributed by atoms with Crippen LogP contribution in [0.2, 0.25) is 0 Å². The number of amides is 1. The first-order valence-corrected chi connectivity index (χ1v) is 8.22. The van der Waals surface area contributed by atoms with Crippen LogP contribution >= 0.6 is 0 Å². The van der Waals surface area contributed by atoms with E-state index in [0.29, 0.717) is 18.7 Å². The van der Waals surface area contributed by atoms with Gasteiger partial charge in [-0.3, -0.25) is 14.8 Å². The Balaban J connectivity index is 1.66. The maximum atomic E-state index is 12.9. The van der Waals surface area contributed by atoms with Crippen LogP contribution in [0.15, 0.2) is 6.33 Å². The summed E-state index contributed by atoms with van der Waals surface area (Å²) in [7, 11) is 0. The average molecular weight is 329 g/mol. The fraction of sp³-hybridized carbons (Fsp3) is 0.562. The predicted octanol–water partition coefficient (Wildman–Crippen LogP) is 0.868. The number of carbonyl (C=O) groups is 1. The van der Waals surface area contributed by atoms with Gasteiger partial charge in [-0.15, -0.1) is 0 Å². The number of nitrogens with zero attached hydrogens (tertiary/aromatic N) is 6. The Morgan fingerprint density at radius 3 is 2.54 bits per heavy atom. The van der Waals surface area contributed by atoms with Crippen molar-refractivity contribution in [2.24, 2.45) is 0 Å². The highest BCUT2D eigenvalue weighted by Gasteiger charge is 2.24. The summed E-state index contributed by atoms with van der Waals surface area (Å²) in [5.41, 5.74) is 2.12. The summed E-state index contributed by atoms with van der Waals surface area (Å²) in [6.45, 7) is 9.50. The van der Waals surface area contributed by atoms with Gasteiger partial charge in [0, 0.05) is 26.2 Å². The molecule has 1 amide bonds. The van der Waals surface area contributed by atoms with Gasteiger partial charge >= 0.3 is 0 Å². The van der Waals surface area contributed by atoms with Gasteiger partial charge in [0.1, 0.15) is 12.2 Å². The van der Waals surface area contributed by atoms with Crippen LogP contribution in [0.25, 0.3) is 0 Å². The Morgan fingerprint density at radius 1 is 1.12 bits per heavy atom. The maximum Gasteiger partial charge on any atom is 0.257 e. The van der Waals surface area contributed by atoms with Gasteiger partial charge in [-0.2, -0.15) is 5.10 Å². The van der Waals surface area contributed by atoms with E-state index in [4.69, 9.17) is 0 Å². The first kappa shape index (κ1) is 16.5.